The Kier molecular flexibility index (Phi) is 54.2. The molecule has 0 saturated carbocycles. The Morgan fingerprint density at radius 1 is 0.488 bits per heavy atom. The molecule has 1 aliphatic heterocycles. The van der Waals surface area contributed by atoms with Gasteiger partial charge in [0.05, 0.1) is 25.4 Å². The van der Waals surface area contributed by atoms with Crippen LogP contribution in [0.1, 0.15) is 278 Å². The molecule has 1 heterocycles. The van der Waals surface area contributed by atoms with Crippen LogP contribution < -0.4 is 5.32 Å². The van der Waals surface area contributed by atoms with Gasteiger partial charge in [-0.3, -0.25) is 9.59 Å². The summed E-state index contributed by atoms with van der Waals surface area (Å²) in [6, 6.07) is -1.04. The molecule has 0 spiro atoms. The highest BCUT2D eigenvalue weighted by Gasteiger charge is 2.47. The average molecular weight is 1150 g/mol. The maximum Gasteiger partial charge on any atom is 0.306 e. The van der Waals surface area contributed by atoms with Crippen molar-refractivity contribution in [3.63, 3.8) is 0 Å². The monoisotopic (exact) mass is 1150 g/mol. The summed E-state index contributed by atoms with van der Waals surface area (Å²) in [5, 5.41) is 57.1. The molecule has 8 atom stereocenters. The molecule has 1 saturated heterocycles. The Morgan fingerprint density at radius 3 is 1.33 bits per heavy atom. The Morgan fingerprint density at radius 2 is 0.878 bits per heavy atom. The van der Waals surface area contributed by atoms with Crippen LogP contribution in [-0.4, -0.2) is 99.6 Å². The van der Waals surface area contributed by atoms with E-state index < -0.39 is 67.4 Å². The van der Waals surface area contributed by atoms with Crippen LogP contribution in [0.3, 0.4) is 0 Å². The molecule has 0 aromatic rings. The molecule has 1 aliphatic rings. The second-order valence-electron chi connectivity index (χ2n) is 22.8. The van der Waals surface area contributed by atoms with Crippen LogP contribution >= 0.6 is 0 Å². The summed E-state index contributed by atoms with van der Waals surface area (Å²) in [6.07, 6.45) is 67.3. The minimum atomic E-state index is -1.64. The SMILES string of the molecule is CC/C=C\C/C=C\C/C=C\C/C=C\C/C=C\C/C=C\CCCCC(=O)OC1C(OCC(NC(=O)C(O)CCCCCCCCCCCC/C=C/CCCCCCCC)C(O)/C=C/CCCCCCCCCCCC)OC(CO)C(O)C1O. The van der Waals surface area contributed by atoms with Gasteiger partial charge in [-0.1, -0.05) is 266 Å². The normalized spacial score (nSPS) is 19.2. The number of nitrogens with one attached hydrogen (secondary N) is 1. The van der Waals surface area contributed by atoms with Crippen molar-refractivity contribution in [1.29, 1.82) is 0 Å². The highest BCUT2D eigenvalue weighted by molar-refractivity contribution is 5.80. The molecule has 1 rings (SSSR count). The lowest BCUT2D eigenvalue weighted by molar-refractivity contribution is -0.305. The number of amides is 1. The molecule has 11 heteroatoms. The molecule has 0 radical (unpaired) electrons. The van der Waals surface area contributed by atoms with Crippen LogP contribution in [0.2, 0.25) is 0 Å². The van der Waals surface area contributed by atoms with Crippen molar-refractivity contribution in [3.8, 4) is 0 Å². The van der Waals surface area contributed by atoms with Gasteiger partial charge in [-0.15, -0.1) is 0 Å². The zero-order chi connectivity index (χ0) is 59.6. The molecule has 0 aliphatic carbocycles. The first-order chi connectivity index (χ1) is 40.2. The summed E-state index contributed by atoms with van der Waals surface area (Å²) < 4.78 is 17.6. The van der Waals surface area contributed by atoms with E-state index >= 15 is 0 Å². The van der Waals surface area contributed by atoms with E-state index in [2.05, 4.69) is 111 Å². The summed E-state index contributed by atoms with van der Waals surface area (Å²) >= 11 is 0. The summed E-state index contributed by atoms with van der Waals surface area (Å²) in [5.74, 6) is -1.24. The van der Waals surface area contributed by atoms with Crippen molar-refractivity contribution < 1.29 is 49.3 Å². The van der Waals surface area contributed by atoms with Crippen molar-refractivity contribution in [3.05, 3.63) is 97.2 Å². The van der Waals surface area contributed by atoms with Crippen molar-refractivity contribution in [2.75, 3.05) is 13.2 Å². The van der Waals surface area contributed by atoms with E-state index in [9.17, 15) is 35.1 Å². The van der Waals surface area contributed by atoms with Crippen LogP contribution in [-0.2, 0) is 23.8 Å². The Hall–Kier alpha value is -3.42. The molecule has 8 unspecified atom stereocenters. The smallest absolute Gasteiger partial charge is 0.306 e. The van der Waals surface area contributed by atoms with Crippen LogP contribution in [0.15, 0.2) is 97.2 Å². The summed E-state index contributed by atoms with van der Waals surface area (Å²) in [4.78, 5) is 26.6. The zero-order valence-electron chi connectivity index (χ0n) is 52.3. The van der Waals surface area contributed by atoms with Crippen molar-refractivity contribution in [2.45, 2.75) is 327 Å². The second-order valence-corrected chi connectivity index (χ2v) is 22.8. The van der Waals surface area contributed by atoms with Gasteiger partial charge in [-0.05, 0) is 103 Å². The van der Waals surface area contributed by atoms with Crippen molar-refractivity contribution >= 4 is 11.9 Å². The Labute approximate surface area is 501 Å². The first kappa shape index (κ1) is 76.6. The highest BCUT2D eigenvalue weighted by atomic mass is 16.7. The first-order valence-electron chi connectivity index (χ1n) is 33.5. The first-order valence-corrected chi connectivity index (χ1v) is 33.5. The molecule has 0 aromatic heterocycles. The number of rotatable bonds is 56. The lowest BCUT2D eigenvalue weighted by Gasteiger charge is -2.41. The van der Waals surface area contributed by atoms with Gasteiger partial charge < -0.3 is 45.1 Å². The van der Waals surface area contributed by atoms with Crippen molar-refractivity contribution in [2.24, 2.45) is 0 Å². The van der Waals surface area contributed by atoms with Gasteiger partial charge in [0.2, 0.25) is 5.91 Å². The van der Waals surface area contributed by atoms with E-state index in [-0.39, 0.29) is 19.4 Å². The van der Waals surface area contributed by atoms with E-state index in [0.29, 0.717) is 12.8 Å². The quantitative estimate of drug-likeness (QED) is 0.0195. The number of carbonyl (C=O) groups is 2. The molecule has 82 heavy (non-hydrogen) atoms. The zero-order valence-corrected chi connectivity index (χ0v) is 52.3. The third kappa shape index (κ3) is 45.0. The Balaban J connectivity index is 2.66. The molecule has 0 bridgehead atoms. The molecule has 0 aromatic carbocycles. The van der Waals surface area contributed by atoms with E-state index in [1.165, 1.54) is 141 Å². The maximum atomic E-state index is 13.5. The van der Waals surface area contributed by atoms with Gasteiger partial charge in [0.1, 0.15) is 24.4 Å². The summed E-state index contributed by atoms with van der Waals surface area (Å²) in [5.41, 5.74) is 0. The third-order valence-corrected chi connectivity index (χ3v) is 15.2. The molecule has 1 fully saturated rings. The van der Waals surface area contributed by atoms with Gasteiger partial charge in [0, 0.05) is 6.42 Å². The predicted octanol–water partition coefficient (Wildman–Crippen LogP) is 16.7. The topological polar surface area (TPSA) is 175 Å². The van der Waals surface area contributed by atoms with E-state index in [1.54, 1.807) is 6.08 Å². The lowest BCUT2D eigenvalue weighted by atomic mass is 9.99. The largest absolute Gasteiger partial charge is 0.454 e. The van der Waals surface area contributed by atoms with Crippen LogP contribution in [0.5, 0.6) is 0 Å². The number of hydrogen-bond acceptors (Lipinski definition) is 10. The minimum absolute atomic E-state index is 0.0645. The van der Waals surface area contributed by atoms with E-state index in [1.807, 2.05) is 6.08 Å². The van der Waals surface area contributed by atoms with Crippen LogP contribution in [0.4, 0.5) is 0 Å². The van der Waals surface area contributed by atoms with E-state index in [4.69, 9.17) is 14.2 Å². The standard InChI is InChI=1S/C71H123NO10/c1-4-7-10-13-16-19-22-25-27-29-31-33-35-37-39-41-44-47-50-53-56-59-66(76)82-69-68(78)67(77)65(60-73)81-71(69)80-61-62(63(74)57-54-51-48-45-42-24-21-18-15-12-9-6-3)72-70(79)64(75)58-55-52-49-46-43-40-38-36-34-32-30-28-26-23-20-17-14-11-8-5-2/h7,10,16,19,25-28,31,33,37,39,44,47,54,57,62-65,67-69,71,73-75,77-78H,4-6,8-9,11-15,17-18,20-24,29-30,32,34-36,38,40-43,45-46,48-53,55-56,58-61H2,1-3H3,(H,72,79)/b10-7-,19-16-,27-25-,28-26+,33-31-,39-37-,47-44-,57-54+. The average Bonchev–Trinajstić information content (AvgIpc) is 3.44. The molecule has 6 N–H and O–H groups in total. The lowest BCUT2D eigenvalue weighted by Crippen LogP contribution is -2.61. The fraction of sp³-hybridized carbons (Fsp3) is 0.746. The third-order valence-electron chi connectivity index (χ3n) is 15.2. The van der Waals surface area contributed by atoms with Gasteiger partial charge in [0.25, 0.3) is 0 Å². The van der Waals surface area contributed by atoms with Crippen molar-refractivity contribution in [1.82, 2.24) is 5.32 Å². The fourth-order valence-electron chi connectivity index (χ4n) is 9.94. The van der Waals surface area contributed by atoms with Gasteiger partial charge in [-0.2, -0.15) is 0 Å². The number of aliphatic hydroxyl groups is 5. The van der Waals surface area contributed by atoms with Gasteiger partial charge in [0.15, 0.2) is 12.4 Å². The molecule has 11 nitrogen and oxygen atoms in total. The van der Waals surface area contributed by atoms with Crippen LogP contribution in [0.25, 0.3) is 0 Å². The number of unbranched alkanes of at least 4 members (excludes halogenated alkanes) is 28. The number of ether oxygens (including phenoxy) is 3. The maximum absolute atomic E-state index is 13.5. The van der Waals surface area contributed by atoms with Gasteiger partial charge in [-0.25, -0.2) is 0 Å². The molecular formula is C71H123NO10. The fourth-order valence-corrected chi connectivity index (χ4v) is 9.94. The molecular weight excluding hydrogens is 1030 g/mol. The number of carbonyl (C=O) groups excluding carboxylic acids is 2. The number of esters is 1. The summed E-state index contributed by atoms with van der Waals surface area (Å²) in [7, 11) is 0. The number of allylic oxidation sites excluding steroid dienone is 15. The van der Waals surface area contributed by atoms with E-state index in [0.717, 1.165) is 89.9 Å². The number of aliphatic hydroxyl groups excluding tert-OH is 5. The second kappa shape index (κ2) is 58.0. The molecule has 1 amide bonds. The number of hydrogen-bond donors (Lipinski definition) is 6. The minimum Gasteiger partial charge on any atom is -0.454 e. The van der Waals surface area contributed by atoms with Crippen LogP contribution in [0, 0.1) is 0 Å². The summed E-state index contributed by atoms with van der Waals surface area (Å²) in [6.45, 7) is 5.66. The Bertz CT molecular complexity index is 1700. The van der Waals surface area contributed by atoms with Gasteiger partial charge >= 0.3 is 5.97 Å². The molecule has 472 valence electrons. The predicted molar refractivity (Wildman–Crippen MR) is 342 cm³/mol. The highest BCUT2D eigenvalue weighted by Crippen LogP contribution is 2.26.